The van der Waals surface area contributed by atoms with Crippen LogP contribution >= 0.6 is 0 Å². The number of carbonyl (C=O) groups is 2. The SMILES string of the molecule is Cc1ccc(S(=O)(=O)N2CCN(CN3C(=O)N[C@@](C)(c4ccc5c(c4)CCC5)C3=O)CC2)cc1. The maximum absolute atomic E-state index is 13.4. The molecule has 34 heavy (non-hydrogen) atoms. The molecule has 1 aliphatic carbocycles. The van der Waals surface area contributed by atoms with Gasteiger partial charge in [0.25, 0.3) is 5.91 Å². The Morgan fingerprint density at radius 2 is 1.62 bits per heavy atom. The summed E-state index contributed by atoms with van der Waals surface area (Å²) in [6.07, 6.45) is 3.18. The number of amides is 3. The minimum absolute atomic E-state index is 0.142. The summed E-state index contributed by atoms with van der Waals surface area (Å²) in [5, 5.41) is 2.89. The van der Waals surface area contributed by atoms with E-state index in [1.807, 2.05) is 17.9 Å². The van der Waals surface area contributed by atoms with E-state index in [1.165, 1.54) is 20.3 Å². The summed E-state index contributed by atoms with van der Waals surface area (Å²) in [7, 11) is -3.56. The largest absolute Gasteiger partial charge is 0.326 e. The van der Waals surface area contributed by atoms with E-state index in [2.05, 4.69) is 17.4 Å². The maximum Gasteiger partial charge on any atom is 0.326 e. The number of fused-ring (bicyclic) bond motifs is 1. The van der Waals surface area contributed by atoms with E-state index in [4.69, 9.17) is 0 Å². The lowest BCUT2D eigenvalue weighted by atomic mass is 9.90. The summed E-state index contributed by atoms with van der Waals surface area (Å²) in [5.41, 5.74) is 3.29. The van der Waals surface area contributed by atoms with E-state index in [-0.39, 0.29) is 17.5 Å². The Bertz CT molecular complexity index is 1240. The molecule has 2 aromatic rings. The van der Waals surface area contributed by atoms with Crippen molar-refractivity contribution in [2.45, 2.75) is 43.5 Å². The van der Waals surface area contributed by atoms with Crippen LogP contribution in [0.2, 0.25) is 0 Å². The minimum Gasteiger partial charge on any atom is -0.319 e. The van der Waals surface area contributed by atoms with Gasteiger partial charge in [0.2, 0.25) is 10.0 Å². The zero-order chi connectivity index (χ0) is 24.1. The van der Waals surface area contributed by atoms with Gasteiger partial charge in [0.1, 0.15) is 5.54 Å². The third-order valence-corrected chi connectivity index (χ3v) is 9.20. The van der Waals surface area contributed by atoms with Crippen LogP contribution in [0.25, 0.3) is 0 Å². The summed E-state index contributed by atoms with van der Waals surface area (Å²) >= 11 is 0. The molecule has 180 valence electrons. The molecule has 2 aromatic carbocycles. The quantitative estimate of drug-likeness (QED) is 0.660. The van der Waals surface area contributed by atoms with E-state index in [0.29, 0.717) is 26.2 Å². The van der Waals surface area contributed by atoms with E-state index >= 15 is 0 Å². The van der Waals surface area contributed by atoms with Crippen LogP contribution in [0, 0.1) is 6.92 Å². The predicted octanol–water partition coefficient (Wildman–Crippen LogP) is 2.21. The van der Waals surface area contributed by atoms with Crippen molar-refractivity contribution in [2.75, 3.05) is 32.8 Å². The molecule has 0 radical (unpaired) electrons. The normalized spacial score (nSPS) is 23.9. The smallest absolute Gasteiger partial charge is 0.319 e. The number of carbonyl (C=O) groups excluding carboxylic acids is 2. The van der Waals surface area contributed by atoms with Gasteiger partial charge in [-0.2, -0.15) is 4.31 Å². The Labute approximate surface area is 200 Å². The van der Waals surface area contributed by atoms with Crippen LogP contribution in [0.4, 0.5) is 4.79 Å². The van der Waals surface area contributed by atoms with Crippen molar-refractivity contribution in [2.24, 2.45) is 0 Å². The summed E-state index contributed by atoms with van der Waals surface area (Å²) in [5.74, 6) is -0.273. The van der Waals surface area contributed by atoms with E-state index in [9.17, 15) is 18.0 Å². The van der Waals surface area contributed by atoms with Gasteiger partial charge in [0.05, 0.1) is 11.6 Å². The number of nitrogens with one attached hydrogen (secondary N) is 1. The molecular formula is C25H30N4O4S. The average Bonchev–Trinajstić information content (AvgIpc) is 3.38. The van der Waals surface area contributed by atoms with Crippen molar-refractivity contribution in [3.8, 4) is 0 Å². The molecule has 1 atom stereocenters. The van der Waals surface area contributed by atoms with Crippen LogP contribution in [0.1, 0.15) is 35.6 Å². The van der Waals surface area contributed by atoms with Gasteiger partial charge >= 0.3 is 6.03 Å². The molecule has 0 bridgehead atoms. The number of benzene rings is 2. The van der Waals surface area contributed by atoms with Crippen LogP contribution in [0.5, 0.6) is 0 Å². The first-order chi connectivity index (χ1) is 16.2. The second kappa shape index (κ2) is 8.48. The molecule has 8 nitrogen and oxygen atoms in total. The number of nitrogens with zero attached hydrogens (tertiary/aromatic N) is 3. The summed E-state index contributed by atoms with van der Waals surface area (Å²) in [6, 6.07) is 12.5. The number of hydrogen-bond donors (Lipinski definition) is 1. The molecule has 0 saturated carbocycles. The fraction of sp³-hybridized carbons (Fsp3) is 0.440. The number of urea groups is 1. The van der Waals surface area contributed by atoms with Crippen LogP contribution < -0.4 is 5.32 Å². The standard InChI is InChI=1S/C25H30N4O4S/c1-18-6-10-22(11-7-18)34(32,33)28-14-12-27(13-15-28)17-29-23(30)25(2,26-24(29)31)21-9-8-19-4-3-5-20(19)16-21/h6-11,16H,3-5,12-15,17H2,1-2H3,(H,26,31)/t25-/m0/s1. The third kappa shape index (κ3) is 3.91. The monoisotopic (exact) mass is 482 g/mol. The van der Waals surface area contributed by atoms with Gasteiger partial charge < -0.3 is 5.32 Å². The third-order valence-electron chi connectivity index (χ3n) is 7.28. The van der Waals surface area contributed by atoms with Crippen LogP contribution in [0.15, 0.2) is 47.4 Å². The highest BCUT2D eigenvalue weighted by molar-refractivity contribution is 7.89. The van der Waals surface area contributed by atoms with Crippen molar-refractivity contribution in [3.63, 3.8) is 0 Å². The number of aryl methyl sites for hydroxylation is 3. The lowest BCUT2D eigenvalue weighted by Crippen LogP contribution is -2.52. The lowest BCUT2D eigenvalue weighted by molar-refractivity contribution is -0.132. The Morgan fingerprint density at radius 1 is 0.941 bits per heavy atom. The molecule has 2 saturated heterocycles. The topological polar surface area (TPSA) is 90.0 Å². The molecule has 2 heterocycles. The number of imide groups is 1. The predicted molar refractivity (Wildman–Crippen MR) is 128 cm³/mol. The molecule has 9 heteroatoms. The summed E-state index contributed by atoms with van der Waals surface area (Å²) < 4.78 is 27.4. The van der Waals surface area contributed by atoms with Gasteiger partial charge in [-0.3, -0.25) is 9.69 Å². The van der Waals surface area contributed by atoms with Gasteiger partial charge in [-0.15, -0.1) is 0 Å². The molecule has 2 aliphatic heterocycles. The van der Waals surface area contributed by atoms with Crippen molar-refractivity contribution >= 4 is 22.0 Å². The summed E-state index contributed by atoms with van der Waals surface area (Å²) in [4.78, 5) is 29.6. The molecule has 0 aromatic heterocycles. The first-order valence-corrected chi connectivity index (χ1v) is 13.2. The Balaban J connectivity index is 1.25. The van der Waals surface area contributed by atoms with Crippen molar-refractivity contribution in [1.82, 2.24) is 19.4 Å². The molecule has 3 amide bonds. The first-order valence-electron chi connectivity index (χ1n) is 11.7. The summed E-state index contributed by atoms with van der Waals surface area (Å²) in [6.45, 7) is 5.32. The first kappa shape index (κ1) is 23.0. The molecule has 0 unspecified atom stereocenters. The highest BCUT2D eigenvalue weighted by Gasteiger charge is 2.49. The highest BCUT2D eigenvalue weighted by Crippen LogP contribution is 2.33. The molecule has 0 spiro atoms. The second-order valence-electron chi connectivity index (χ2n) is 9.60. The van der Waals surface area contributed by atoms with Gasteiger partial charge in [0.15, 0.2) is 0 Å². The fourth-order valence-electron chi connectivity index (χ4n) is 5.07. The highest BCUT2D eigenvalue weighted by atomic mass is 32.2. The van der Waals surface area contributed by atoms with Crippen LogP contribution in [0.3, 0.4) is 0 Å². The van der Waals surface area contributed by atoms with E-state index < -0.39 is 21.6 Å². The molecule has 1 N–H and O–H groups in total. The number of hydrogen-bond acceptors (Lipinski definition) is 5. The Hall–Kier alpha value is -2.75. The maximum atomic E-state index is 13.4. The average molecular weight is 483 g/mol. The zero-order valence-corrected chi connectivity index (χ0v) is 20.4. The number of rotatable bonds is 5. The molecule has 2 fully saturated rings. The van der Waals surface area contributed by atoms with Gasteiger partial charge in [-0.1, -0.05) is 35.9 Å². The van der Waals surface area contributed by atoms with Crippen molar-refractivity contribution in [1.29, 1.82) is 0 Å². The van der Waals surface area contributed by atoms with Crippen LogP contribution in [-0.4, -0.2) is 67.3 Å². The second-order valence-corrected chi connectivity index (χ2v) is 11.5. The fourth-order valence-corrected chi connectivity index (χ4v) is 6.50. The number of piperazine rings is 1. The van der Waals surface area contributed by atoms with Gasteiger partial charge in [0, 0.05) is 26.2 Å². The van der Waals surface area contributed by atoms with Gasteiger partial charge in [-0.25, -0.2) is 18.1 Å². The van der Waals surface area contributed by atoms with Crippen molar-refractivity contribution in [3.05, 3.63) is 64.7 Å². The lowest BCUT2D eigenvalue weighted by Gasteiger charge is -2.35. The zero-order valence-electron chi connectivity index (χ0n) is 19.6. The van der Waals surface area contributed by atoms with Crippen LogP contribution in [-0.2, 0) is 33.2 Å². The minimum atomic E-state index is -3.56. The van der Waals surface area contributed by atoms with E-state index in [0.717, 1.165) is 30.4 Å². The Morgan fingerprint density at radius 3 is 2.32 bits per heavy atom. The molecular weight excluding hydrogens is 452 g/mol. The van der Waals surface area contributed by atoms with Gasteiger partial charge in [-0.05, 0) is 61.9 Å². The Kier molecular flexibility index (Phi) is 5.74. The molecule has 3 aliphatic rings. The van der Waals surface area contributed by atoms with Crippen molar-refractivity contribution < 1.29 is 18.0 Å². The molecule has 5 rings (SSSR count). The number of sulfonamides is 1. The van der Waals surface area contributed by atoms with E-state index in [1.54, 1.807) is 31.2 Å².